The number of nitrogens with two attached hydrogens (primary N) is 1. The van der Waals surface area contributed by atoms with Crippen LogP contribution in [0.15, 0.2) is 0 Å². The van der Waals surface area contributed by atoms with Gasteiger partial charge >= 0.3 is 5.97 Å². The van der Waals surface area contributed by atoms with Crippen LogP contribution in [0.1, 0.15) is 41.1 Å². The Morgan fingerprint density at radius 2 is 2.38 bits per heavy atom. The van der Waals surface area contributed by atoms with Crippen LogP contribution in [0.25, 0.3) is 0 Å². The van der Waals surface area contributed by atoms with E-state index < -0.39 is 0 Å². The zero-order valence-electron chi connectivity index (χ0n) is 9.71. The molecule has 1 aromatic heterocycles. The first-order valence-corrected chi connectivity index (χ1v) is 6.52. The third-order valence-electron chi connectivity index (χ3n) is 3.02. The maximum absolute atomic E-state index is 11.8. The van der Waals surface area contributed by atoms with Gasteiger partial charge in [-0.15, -0.1) is 11.3 Å². The first-order valence-electron chi connectivity index (χ1n) is 5.70. The monoisotopic (exact) mass is 239 g/mol. The Kier molecular flexibility index (Phi) is 3.19. The highest BCUT2D eigenvalue weighted by Crippen LogP contribution is 2.38. The molecule has 0 saturated carbocycles. The molecule has 0 saturated heterocycles. The van der Waals surface area contributed by atoms with Gasteiger partial charge in [-0.3, -0.25) is 0 Å². The number of hydrogen-bond donors (Lipinski definition) is 1. The van der Waals surface area contributed by atoms with Crippen molar-refractivity contribution in [3.05, 3.63) is 16.0 Å². The van der Waals surface area contributed by atoms with Crippen molar-refractivity contribution in [3.63, 3.8) is 0 Å². The smallest absolute Gasteiger partial charge is 0.341 e. The summed E-state index contributed by atoms with van der Waals surface area (Å²) in [6.07, 6.45) is 3.14. The van der Waals surface area contributed by atoms with Gasteiger partial charge in [-0.25, -0.2) is 4.79 Å². The summed E-state index contributed by atoms with van der Waals surface area (Å²) in [4.78, 5) is 13.1. The standard InChI is InChI=1S/C12H17NO2S/c1-3-15-12(14)10-8-5-4-7(2)6-9(8)16-11(10)13/h7H,3-6,13H2,1-2H3/t7-/m0/s1. The van der Waals surface area contributed by atoms with Crippen molar-refractivity contribution in [2.24, 2.45) is 5.92 Å². The van der Waals surface area contributed by atoms with Gasteiger partial charge in [-0.2, -0.15) is 0 Å². The van der Waals surface area contributed by atoms with E-state index in [1.807, 2.05) is 6.92 Å². The Hall–Kier alpha value is -1.03. The second-order valence-electron chi connectivity index (χ2n) is 4.31. The summed E-state index contributed by atoms with van der Waals surface area (Å²) in [5.41, 5.74) is 7.69. The minimum absolute atomic E-state index is 0.257. The highest BCUT2D eigenvalue weighted by atomic mass is 32.1. The lowest BCUT2D eigenvalue weighted by Gasteiger charge is -2.18. The molecule has 16 heavy (non-hydrogen) atoms. The van der Waals surface area contributed by atoms with Crippen LogP contribution in [-0.2, 0) is 17.6 Å². The predicted octanol–water partition coefficient (Wildman–Crippen LogP) is 2.63. The SMILES string of the molecule is CCOC(=O)c1c(N)sc2c1CC[C@H](C)C2. The van der Waals surface area contributed by atoms with Crippen LogP contribution in [0, 0.1) is 5.92 Å². The quantitative estimate of drug-likeness (QED) is 0.807. The minimum Gasteiger partial charge on any atom is -0.462 e. The van der Waals surface area contributed by atoms with Crippen molar-refractivity contribution in [3.8, 4) is 0 Å². The van der Waals surface area contributed by atoms with Crippen LogP contribution in [0.2, 0.25) is 0 Å². The fourth-order valence-electron chi connectivity index (χ4n) is 2.20. The molecule has 0 amide bonds. The molecule has 2 N–H and O–H groups in total. The van der Waals surface area contributed by atoms with Gasteiger partial charge in [0.05, 0.1) is 12.2 Å². The first-order chi connectivity index (χ1) is 7.63. The number of carbonyl (C=O) groups is 1. The third-order valence-corrected chi connectivity index (χ3v) is 4.10. The largest absolute Gasteiger partial charge is 0.462 e. The van der Waals surface area contributed by atoms with Crippen LogP contribution in [0.5, 0.6) is 0 Å². The highest BCUT2D eigenvalue weighted by Gasteiger charge is 2.26. The Balaban J connectivity index is 2.35. The number of esters is 1. The molecule has 0 radical (unpaired) electrons. The van der Waals surface area contributed by atoms with Crippen molar-refractivity contribution in [2.45, 2.75) is 33.1 Å². The summed E-state index contributed by atoms with van der Waals surface area (Å²) in [5.74, 6) is 0.438. The number of rotatable bonds is 2. The Morgan fingerprint density at radius 1 is 1.62 bits per heavy atom. The van der Waals surface area contributed by atoms with Gasteiger partial charge in [0.2, 0.25) is 0 Å². The average molecular weight is 239 g/mol. The van der Waals surface area contributed by atoms with Crippen LogP contribution >= 0.6 is 11.3 Å². The Morgan fingerprint density at radius 3 is 3.06 bits per heavy atom. The molecule has 0 spiro atoms. The molecule has 1 aliphatic carbocycles. The molecule has 0 aliphatic heterocycles. The summed E-state index contributed by atoms with van der Waals surface area (Å²) >= 11 is 1.55. The number of ether oxygens (including phenoxy) is 1. The van der Waals surface area contributed by atoms with Gasteiger partial charge in [-0.1, -0.05) is 6.92 Å². The molecule has 4 heteroatoms. The van der Waals surface area contributed by atoms with Gasteiger partial charge in [0.25, 0.3) is 0 Å². The molecule has 1 aromatic rings. The van der Waals surface area contributed by atoms with E-state index in [1.54, 1.807) is 11.3 Å². The summed E-state index contributed by atoms with van der Waals surface area (Å²) in [7, 11) is 0. The summed E-state index contributed by atoms with van der Waals surface area (Å²) < 4.78 is 5.05. The van der Waals surface area contributed by atoms with E-state index in [-0.39, 0.29) is 5.97 Å². The Bertz CT molecular complexity index is 411. The maximum Gasteiger partial charge on any atom is 0.341 e. The van der Waals surface area contributed by atoms with E-state index in [1.165, 1.54) is 4.88 Å². The first kappa shape index (κ1) is 11.5. The fourth-order valence-corrected chi connectivity index (χ4v) is 3.47. The minimum atomic E-state index is -0.257. The van der Waals surface area contributed by atoms with Gasteiger partial charge in [0.15, 0.2) is 0 Å². The number of nitrogen functional groups attached to an aromatic ring is 1. The van der Waals surface area contributed by atoms with E-state index in [0.29, 0.717) is 23.1 Å². The number of carbonyl (C=O) groups excluding carboxylic acids is 1. The van der Waals surface area contributed by atoms with Crippen molar-refractivity contribution < 1.29 is 9.53 Å². The summed E-state index contributed by atoms with van der Waals surface area (Å²) in [6, 6.07) is 0. The van der Waals surface area contributed by atoms with Gasteiger partial charge < -0.3 is 10.5 Å². The lowest BCUT2D eigenvalue weighted by molar-refractivity contribution is 0.0526. The number of thiophene rings is 1. The lowest BCUT2D eigenvalue weighted by atomic mass is 9.88. The van der Waals surface area contributed by atoms with E-state index in [4.69, 9.17) is 10.5 Å². The molecule has 0 aromatic carbocycles. The molecule has 2 rings (SSSR count). The molecule has 1 heterocycles. The molecule has 0 fully saturated rings. The zero-order valence-corrected chi connectivity index (χ0v) is 10.5. The normalized spacial score (nSPS) is 19.2. The number of anilines is 1. The van der Waals surface area contributed by atoms with Crippen LogP contribution in [-0.4, -0.2) is 12.6 Å². The summed E-state index contributed by atoms with van der Waals surface area (Å²) in [6.45, 7) is 4.46. The average Bonchev–Trinajstić information content (AvgIpc) is 2.53. The fraction of sp³-hybridized carbons (Fsp3) is 0.583. The molecule has 3 nitrogen and oxygen atoms in total. The molecule has 0 bridgehead atoms. The van der Waals surface area contributed by atoms with E-state index >= 15 is 0 Å². The van der Waals surface area contributed by atoms with Crippen LogP contribution in [0.4, 0.5) is 5.00 Å². The molecule has 1 aliphatic rings. The van der Waals surface area contributed by atoms with Gasteiger partial charge in [0, 0.05) is 4.88 Å². The maximum atomic E-state index is 11.8. The molecule has 88 valence electrons. The van der Waals surface area contributed by atoms with Crippen LogP contribution in [0.3, 0.4) is 0 Å². The van der Waals surface area contributed by atoms with E-state index in [2.05, 4.69) is 6.92 Å². The lowest BCUT2D eigenvalue weighted by Crippen LogP contribution is -2.14. The van der Waals surface area contributed by atoms with E-state index in [9.17, 15) is 4.79 Å². The topological polar surface area (TPSA) is 52.3 Å². The van der Waals surface area contributed by atoms with Crippen LogP contribution < -0.4 is 5.73 Å². The van der Waals surface area contributed by atoms with Crippen molar-refractivity contribution in [1.82, 2.24) is 0 Å². The highest BCUT2D eigenvalue weighted by molar-refractivity contribution is 7.16. The second kappa shape index (κ2) is 4.45. The van der Waals surface area contributed by atoms with Crippen molar-refractivity contribution >= 4 is 22.3 Å². The Labute approximate surface area is 99.6 Å². The van der Waals surface area contributed by atoms with Gasteiger partial charge in [0.1, 0.15) is 5.00 Å². The van der Waals surface area contributed by atoms with E-state index in [0.717, 1.165) is 24.8 Å². The predicted molar refractivity (Wildman–Crippen MR) is 65.9 cm³/mol. The molecular weight excluding hydrogens is 222 g/mol. The number of hydrogen-bond acceptors (Lipinski definition) is 4. The summed E-state index contributed by atoms with van der Waals surface area (Å²) in [5, 5.41) is 0.623. The molecular formula is C12H17NO2S. The molecule has 1 atom stereocenters. The number of fused-ring (bicyclic) bond motifs is 1. The third kappa shape index (κ3) is 1.94. The van der Waals surface area contributed by atoms with Gasteiger partial charge in [-0.05, 0) is 37.7 Å². The van der Waals surface area contributed by atoms with Crippen molar-refractivity contribution in [2.75, 3.05) is 12.3 Å². The zero-order chi connectivity index (χ0) is 11.7. The molecule has 0 unspecified atom stereocenters. The van der Waals surface area contributed by atoms with Crippen molar-refractivity contribution in [1.29, 1.82) is 0 Å². The second-order valence-corrected chi connectivity index (χ2v) is 5.45.